The van der Waals surface area contributed by atoms with Gasteiger partial charge in [0.15, 0.2) is 0 Å². The maximum Gasteiger partial charge on any atom is 0.225 e. The Kier molecular flexibility index (Phi) is 8.11. The molecule has 2 aliphatic rings. The van der Waals surface area contributed by atoms with Crippen LogP contribution in [0.15, 0.2) is 30.3 Å². The Bertz CT molecular complexity index is 619. The van der Waals surface area contributed by atoms with Crippen LogP contribution in [0.2, 0.25) is 0 Å². The lowest BCUT2D eigenvalue weighted by molar-refractivity contribution is -0.135. The second-order valence-electron chi connectivity index (χ2n) is 7.84. The van der Waals surface area contributed by atoms with Crippen molar-refractivity contribution in [1.29, 1.82) is 0 Å². The molecule has 0 radical (unpaired) electrons. The number of amides is 2. The molecule has 0 aromatic heterocycles. The summed E-state index contributed by atoms with van der Waals surface area (Å²) in [6.45, 7) is 3.25. The summed E-state index contributed by atoms with van der Waals surface area (Å²) in [7, 11) is 0. The Morgan fingerprint density at radius 3 is 2.44 bits per heavy atom. The summed E-state index contributed by atoms with van der Waals surface area (Å²) < 4.78 is 0. The maximum atomic E-state index is 12.7. The molecule has 5 nitrogen and oxygen atoms in total. The third-order valence-corrected chi connectivity index (χ3v) is 5.94. The van der Waals surface area contributed by atoms with Gasteiger partial charge < -0.3 is 16.0 Å². The fourth-order valence-corrected chi connectivity index (χ4v) is 4.15. The van der Waals surface area contributed by atoms with Crippen LogP contribution in [0.1, 0.15) is 57.1 Å². The number of rotatable bonds is 5. The van der Waals surface area contributed by atoms with E-state index in [2.05, 4.69) is 5.32 Å². The molecule has 3 rings (SSSR count). The van der Waals surface area contributed by atoms with Gasteiger partial charge in [-0.1, -0.05) is 56.5 Å². The molecule has 1 saturated heterocycles. The van der Waals surface area contributed by atoms with E-state index in [-0.39, 0.29) is 48.1 Å². The average molecular weight is 394 g/mol. The molecule has 1 heterocycles. The molecule has 3 N–H and O–H groups in total. The van der Waals surface area contributed by atoms with Crippen LogP contribution >= 0.6 is 12.4 Å². The quantitative estimate of drug-likeness (QED) is 0.807. The molecular formula is C21H32ClN3O2. The molecule has 2 fully saturated rings. The lowest BCUT2D eigenvalue weighted by Gasteiger charge is -2.26. The minimum Gasteiger partial charge on any atom is -0.351 e. The van der Waals surface area contributed by atoms with Crippen LogP contribution in [-0.2, 0) is 9.59 Å². The number of nitrogens with zero attached hydrogens (tertiary/aromatic N) is 1. The van der Waals surface area contributed by atoms with Gasteiger partial charge in [0, 0.05) is 31.1 Å². The van der Waals surface area contributed by atoms with Crippen molar-refractivity contribution in [3.8, 4) is 0 Å². The summed E-state index contributed by atoms with van der Waals surface area (Å²) in [5.41, 5.74) is 7.23. The van der Waals surface area contributed by atoms with Gasteiger partial charge in [0.1, 0.15) is 0 Å². The molecule has 0 spiro atoms. The standard InChI is InChI=1S/C21H31N3O2.ClH/c1-15(19(22)16-8-4-2-5-9-16)20(25)23-18-12-13-24(14-18)21(26)17-10-6-3-7-11-17;/h2,4-5,8-9,15,17-19H,3,6-7,10-14,22H2,1H3,(H,23,25);1H. The summed E-state index contributed by atoms with van der Waals surface area (Å²) in [6.07, 6.45) is 6.46. The molecule has 1 aromatic rings. The molecule has 27 heavy (non-hydrogen) atoms. The Balaban J connectivity index is 0.00000261. The van der Waals surface area contributed by atoms with Crippen LogP contribution in [0.25, 0.3) is 0 Å². The predicted octanol–water partition coefficient (Wildman–Crippen LogP) is 3.04. The zero-order valence-corrected chi connectivity index (χ0v) is 16.9. The van der Waals surface area contributed by atoms with E-state index in [4.69, 9.17) is 5.73 Å². The van der Waals surface area contributed by atoms with Gasteiger partial charge in [-0.05, 0) is 24.8 Å². The summed E-state index contributed by atoms with van der Waals surface area (Å²) >= 11 is 0. The molecule has 150 valence electrons. The van der Waals surface area contributed by atoms with Crippen LogP contribution in [0.5, 0.6) is 0 Å². The number of nitrogens with two attached hydrogens (primary N) is 1. The van der Waals surface area contributed by atoms with Crippen molar-refractivity contribution in [2.75, 3.05) is 13.1 Å². The van der Waals surface area contributed by atoms with Crippen molar-refractivity contribution in [1.82, 2.24) is 10.2 Å². The van der Waals surface area contributed by atoms with Gasteiger partial charge in [0.2, 0.25) is 11.8 Å². The van der Waals surface area contributed by atoms with Gasteiger partial charge in [0.25, 0.3) is 0 Å². The van der Waals surface area contributed by atoms with Gasteiger partial charge >= 0.3 is 0 Å². The smallest absolute Gasteiger partial charge is 0.225 e. The van der Waals surface area contributed by atoms with Crippen molar-refractivity contribution in [3.05, 3.63) is 35.9 Å². The van der Waals surface area contributed by atoms with Crippen LogP contribution < -0.4 is 11.1 Å². The first-order valence-electron chi connectivity index (χ1n) is 9.96. The Morgan fingerprint density at radius 2 is 1.78 bits per heavy atom. The van der Waals surface area contributed by atoms with E-state index in [1.165, 1.54) is 19.3 Å². The lowest BCUT2D eigenvalue weighted by atomic mass is 9.88. The Labute approximate surface area is 168 Å². The van der Waals surface area contributed by atoms with E-state index in [9.17, 15) is 9.59 Å². The molecule has 6 heteroatoms. The molecule has 3 unspecified atom stereocenters. The molecule has 1 saturated carbocycles. The minimum absolute atomic E-state index is 0. The van der Waals surface area contributed by atoms with Crippen molar-refractivity contribution < 1.29 is 9.59 Å². The number of hydrogen-bond donors (Lipinski definition) is 2. The molecule has 1 aromatic carbocycles. The topological polar surface area (TPSA) is 75.4 Å². The van der Waals surface area contributed by atoms with Crippen LogP contribution in [-0.4, -0.2) is 35.8 Å². The van der Waals surface area contributed by atoms with Crippen LogP contribution in [0.3, 0.4) is 0 Å². The third-order valence-electron chi connectivity index (χ3n) is 5.94. The van der Waals surface area contributed by atoms with Crippen LogP contribution in [0.4, 0.5) is 0 Å². The third kappa shape index (κ3) is 5.45. The van der Waals surface area contributed by atoms with Gasteiger partial charge in [-0.3, -0.25) is 9.59 Å². The van der Waals surface area contributed by atoms with Gasteiger partial charge in [-0.15, -0.1) is 12.4 Å². The highest BCUT2D eigenvalue weighted by Gasteiger charge is 2.33. The highest BCUT2D eigenvalue weighted by atomic mass is 35.5. The summed E-state index contributed by atoms with van der Waals surface area (Å²) in [5.74, 6) is 0.151. The monoisotopic (exact) mass is 393 g/mol. The van der Waals surface area contributed by atoms with E-state index < -0.39 is 0 Å². The summed E-state index contributed by atoms with van der Waals surface area (Å²) in [4.78, 5) is 27.2. The van der Waals surface area contributed by atoms with Crippen molar-refractivity contribution in [2.45, 2.75) is 57.5 Å². The highest BCUT2D eigenvalue weighted by molar-refractivity contribution is 5.85. The summed E-state index contributed by atoms with van der Waals surface area (Å²) in [5, 5.41) is 3.10. The summed E-state index contributed by atoms with van der Waals surface area (Å²) in [6, 6.07) is 9.44. The fraction of sp³-hybridized carbons (Fsp3) is 0.619. The van der Waals surface area contributed by atoms with Crippen LogP contribution in [0, 0.1) is 11.8 Å². The van der Waals surface area contributed by atoms with E-state index in [0.29, 0.717) is 6.54 Å². The number of hydrogen-bond acceptors (Lipinski definition) is 3. The van der Waals surface area contributed by atoms with Crippen molar-refractivity contribution in [3.63, 3.8) is 0 Å². The Hall–Kier alpha value is -1.59. The minimum atomic E-state index is -0.322. The normalized spacial score (nSPS) is 22.6. The number of benzene rings is 1. The highest BCUT2D eigenvalue weighted by Crippen LogP contribution is 2.27. The fourth-order valence-electron chi connectivity index (χ4n) is 4.15. The van der Waals surface area contributed by atoms with Gasteiger partial charge in [0.05, 0.1) is 5.92 Å². The number of halogens is 1. The lowest BCUT2D eigenvalue weighted by Crippen LogP contribution is -2.44. The SMILES string of the molecule is CC(C(=O)NC1CCN(C(=O)C2CCCCC2)C1)C(N)c1ccccc1.Cl. The number of nitrogens with one attached hydrogen (secondary N) is 1. The molecule has 1 aliphatic heterocycles. The largest absolute Gasteiger partial charge is 0.351 e. The molecule has 1 aliphatic carbocycles. The van der Waals surface area contributed by atoms with E-state index in [0.717, 1.165) is 31.4 Å². The van der Waals surface area contributed by atoms with Gasteiger partial charge in [-0.25, -0.2) is 0 Å². The first-order chi connectivity index (χ1) is 12.6. The number of carbonyl (C=O) groups excluding carboxylic acids is 2. The predicted molar refractivity (Wildman–Crippen MR) is 109 cm³/mol. The molecule has 3 atom stereocenters. The molecule has 2 amide bonds. The second-order valence-corrected chi connectivity index (χ2v) is 7.84. The van der Waals surface area contributed by atoms with E-state index >= 15 is 0 Å². The van der Waals surface area contributed by atoms with Crippen molar-refractivity contribution >= 4 is 24.2 Å². The zero-order valence-electron chi connectivity index (χ0n) is 16.1. The molecular weight excluding hydrogens is 362 g/mol. The average Bonchev–Trinajstić information content (AvgIpc) is 3.16. The molecule has 0 bridgehead atoms. The number of likely N-dealkylation sites (tertiary alicyclic amines) is 1. The maximum absolute atomic E-state index is 12.7. The van der Waals surface area contributed by atoms with E-state index in [1.807, 2.05) is 42.2 Å². The second kappa shape index (κ2) is 10.1. The van der Waals surface area contributed by atoms with Crippen molar-refractivity contribution in [2.24, 2.45) is 17.6 Å². The Morgan fingerprint density at radius 1 is 1.11 bits per heavy atom. The number of carbonyl (C=O) groups is 2. The first-order valence-corrected chi connectivity index (χ1v) is 9.96. The first kappa shape index (κ1) is 21.7. The van der Waals surface area contributed by atoms with Gasteiger partial charge in [-0.2, -0.15) is 0 Å². The van der Waals surface area contributed by atoms with E-state index in [1.54, 1.807) is 0 Å². The zero-order chi connectivity index (χ0) is 18.5.